The van der Waals surface area contributed by atoms with E-state index in [0.29, 0.717) is 13.2 Å². The van der Waals surface area contributed by atoms with E-state index in [1.807, 2.05) is 6.92 Å². The largest absolute Gasteiger partial charge is 0.466 e. The second kappa shape index (κ2) is 11.4. The molecule has 0 aromatic rings. The fraction of sp³-hybridized carbons (Fsp3) is 0.846. The van der Waals surface area contributed by atoms with Crippen molar-refractivity contribution in [3.05, 3.63) is 0 Å². The van der Waals surface area contributed by atoms with Crippen molar-refractivity contribution in [2.45, 2.75) is 58.8 Å². The first-order chi connectivity index (χ1) is 8.20. The van der Waals surface area contributed by atoms with Gasteiger partial charge in [-0.1, -0.05) is 33.1 Å². The van der Waals surface area contributed by atoms with E-state index >= 15 is 0 Å². The molecule has 4 heteroatoms. The van der Waals surface area contributed by atoms with E-state index in [9.17, 15) is 9.59 Å². The maximum Gasteiger partial charge on any atom is 0.306 e. The molecule has 0 fully saturated rings. The lowest BCUT2D eigenvalue weighted by molar-refractivity contribution is -0.150. The lowest BCUT2D eigenvalue weighted by Crippen LogP contribution is -2.11. The first-order valence-electron chi connectivity index (χ1n) is 6.52. The lowest BCUT2D eigenvalue weighted by atomic mass is 10.3. The van der Waals surface area contributed by atoms with Gasteiger partial charge in [0.15, 0.2) is 0 Å². The average Bonchev–Trinajstić information content (AvgIpc) is 2.32. The van der Waals surface area contributed by atoms with E-state index in [2.05, 4.69) is 6.92 Å². The van der Waals surface area contributed by atoms with Gasteiger partial charge < -0.3 is 9.47 Å². The van der Waals surface area contributed by atoms with Crippen molar-refractivity contribution in [2.75, 3.05) is 13.2 Å². The molecule has 0 aromatic carbocycles. The summed E-state index contributed by atoms with van der Waals surface area (Å²) >= 11 is 0. The average molecular weight is 244 g/mol. The molecule has 0 atom stereocenters. The van der Waals surface area contributed by atoms with Crippen molar-refractivity contribution in [1.82, 2.24) is 0 Å². The quantitative estimate of drug-likeness (QED) is 0.438. The molecule has 0 aliphatic rings. The van der Waals surface area contributed by atoms with E-state index in [1.54, 1.807) is 0 Å². The molecule has 0 aromatic heterocycles. The number of carbonyl (C=O) groups is 2. The SMILES string of the molecule is CCCCCOC(=O)CCC(=O)OCCCC. The Bertz CT molecular complexity index is 213. The highest BCUT2D eigenvalue weighted by molar-refractivity contribution is 5.77. The fourth-order valence-corrected chi connectivity index (χ4v) is 1.22. The van der Waals surface area contributed by atoms with Gasteiger partial charge in [0, 0.05) is 0 Å². The fourth-order valence-electron chi connectivity index (χ4n) is 1.22. The van der Waals surface area contributed by atoms with E-state index in [-0.39, 0.29) is 24.8 Å². The Balaban J connectivity index is 3.39. The predicted molar refractivity (Wildman–Crippen MR) is 65.6 cm³/mol. The molecule has 4 nitrogen and oxygen atoms in total. The molecule has 0 heterocycles. The molecule has 100 valence electrons. The second-order valence-corrected chi connectivity index (χ2v) is 4.00. The van der Waals surface area contributed by atoms with Crippen molar-refractivity contribution >= 4 is 11.9 Å². The molecular formula is C13H24O4. The van der Waals surface area contributed by atoms with Crippen LogP contribution in [-0.4, -0.2) is 25.2 Å². The lowest BCUT2D eigenvalue weighted by Gasteiger charge is -2.05. The Morgan fingerprint density at radius 2 is 1.24 bits per heavy atom. The monoisotopic (exact) mass is 244 g/mol. The van der Waals surface area contributed by atoms with Crippen molar-refractivity contribution in [2.24, 2.45) is 0 Å². The molecule has 0 saturated carbocycles. The van der Waals surface area contributed by atoms with Gasteiger partial charge in [0.05, 0.1) is 26.1 Å². The molecule has 0 radical (unpaired) electrons. The highest BCUT2D eigenvalue weighted by Gasteiger charge is 2.08. The summed E-state index contributed by atoms with van der Waals surface area (Å²) in [5.41, 5.74) is 0. The maximum absolute atomic E-state index is 11.2. The number of esters is 2. The Kier molecular flexibility index (Phi) is 10.7. The summed E-state index contributed by atoms with van der Waals surface area (Å²) in [7, 11) is 0. The van der Waals surface area contributed by atoms with Gasteiger partial charge >= 0.3 is 11.9 Å². The summed E-state index contributed by atoms with van der Waals surface area (Å²) in [6.45, 7) is 5.02. The van der Waals surface area contributed by atoms with Crippen LogP contribution >= 0.6 is 0 Å². The van der Waals surface area contributed by atoms with Crippen LogP contribution in [0.4, 0.5) is 0 Å². The van der Waals surface area contributed by atoms with E-state index in [4.69, 9.17) is 9.47 Å². The minimum atomic E-state index is -0.316. The number of hydrogen-bond donors (Lipinski definition) is 0. The van der Waals surface area contributed by atoms with Crippen LogP contribution in [0.2, 0.25) is 0 Å². The van der Waals surface area contributed by atoms with Gasteiger partial charge in [-0.05, 0) is 12.8 Å². The van der Waals surface area contributed by atoms with Crippen molar-refractivity contribution in [3.63, 3.8) is 0 Å². The van der Waals surface area contributed by atoms with Crippen molar-refractivity contribution < 1.29 is 19.1 Å². The van der Waals surface area contributed by atoms with Crippen LogP contribution in [0.15, 0.2) is 0 Å². The molecule has 0 aliphatic heterocycles. The van der Waals surface area contributed by atoms with Gasteiger partial charge in [0.2, 0.25) is 0 Å². The van der Waals surface area contributed by atoms with Crippen LogP contribution in [0, 0.1) is 0 Å². The topological polar surface area (TPSA) is 52.6 Å². The minimum absolute atomic E-state index is 0.121. The van der Waals surface area contributed by atoms with Crippen LogP contribution in [-0.2, 0) is 19.1 Å². The van der Waals surface area contributed by atoms with E-state index in [1.165, 1.54) is 0 Å². The molecule has 0 N–H and O–H groups in total. The molecule has 0 amide bonds. The third-order valence-electron chi connectivity index (χ3n) is 2.31. The summed E-state index contributed by atoms with van der Waals surface area (Å²) < 4.78 is 9.90. The van der Waals surface area contributed by atoms with Crippen molar-refractivity contribution in [3.8, 4) is 0 Å². The molecule has 0 spiro atoms. The Morgan fingerprint density at radius 3 is 1.71 bits per heavy atom. The second-order valence-electron chi connectivity index (χ2n) is 4.00. The van der Waals surface area contributed by atoms with Crippen molar-refractivity contribution in [1.29, 1.82) is 0 Å². The zero-order chi connectivity index (χ0) is 12.9. The number of unbranched alkanes of at least 4 members (excludes halogenated alkanes) is 3. The van der Waals surface area contributed by atoms with Crippen LogP contribution in [0.25, 0.3) is 0 Å². The normalized spacial score (nSPS) is 10.0. The van der Waals surface area contributed by atoms with Gasteiger partial charge in [0.25, 0.3) is 0 Å². The molecule has 0 bridgehead atoms. The van der Waals surface area contributed by atoms with Gasteiger partial charge in [-0.3, -0.25) is 9.59 Å². The minimum Gasteiger partial charge on any atom is -0.466 e. The first-order valence-corrected chi connectivity index (χ1v) is 6.52. The van der Waals surface area contributed by atoms with Gasteiger partial charge in [0.1, 0.15) is 0 Å². The van der Waals surface area contributed by atoms with Crippen LogP contribution in [0.3, 0.4) is 0 Å². The van der Waals surface area contributed by atoms with E-state index in [0.717, 1.165) is 32.1 Å². The first kappa shape index (κ1) is 15.9. The number of ether oxygens (including phenoxy) is 2. The number of carbonyl (C=O) groups excluding carboxylic acids is 2. The smallest absolute Gasteiger partial charge is 0.306 e. The third kappa shape index (κ3) is 11.2. The Labute approximate surface area is 104 Å². The molecular weight excluding hydrogens is 220 g/mol. The van der Waals surface area contributed by atoms with Crippen LogP contribution in [0.5, 0.6) is 0 Å². The predicted octanol–water partition coefficient (Wildman–Crippen LogP) is 2.84. The van der Waals surface area contributed by atoms with Gasteiger partial charge in [-0.15, -0.1) is 0 Å². The van der Waals surface area contributed by atoms with Gasteiger partial charge in [-0.25, -0.2) is 0 Å². The van der Waals surface area contributed by atoms with Crippen LogP contribution < -0.4 is 0 Å². The van der Waals surface area contributed by atoms with E-state index < -0.39 is 0 Å². The molecule has 17 heavy (non-hydrogen) atoms. The summed E-state index contributed by atoms with van der Waals surface area (Å²) in [6.07, 6.45) is 5.16. The number of rotatable bonds is 10. The zero-order valence-electron chi connectivity index (χ0n) is 11.0. The summed E-state index contributed by atoms with van der Waals surface area (Å²) in [5.74, 6) is -0.627. The number of hydrogen-bond acceptors (Lipinski definition) is 4. The molecule has 0 saturated heterocycles. The van der Waals surface area contributed by atoms with Gasteiger partial charge in [-0.2, -0.15) is 0 Å². The molecule has 0 rings (SSSR count). The zero-order valence-corrected chi connectivity index (χ0v) is 11.0. The molecule has 0 unspecified atom stereocenters. The Hall–Kier alpha value is -1.06. The molecule has 0 aliphatic carbocycles. The highest BCUT2D eigenvalue weighted by atomic mass is 16.5. The maximum atomic E-state index is 11.2. The van der Waals surface area contributed by atoms with Crippen LogP contribution in [0.1, 0.15) is 58.8 Å². The Morgan fingerprint density at radius 1 is 0.765 bits per heavy atom. The standard InChI is InChI=1S/C13H24O4/c1-3-5-7-11-17-13(15)9-8-12(14)16-10-6-4-2/h3-11H2,1-2H3. The summed E-state index contributed by atoms with van der Waals surface area (Å²) in [6, 6.07) is 0. The summed E-state index contributed by atoms with van der Waals surface area (Å²) in [4.78, 5) is 22.4. The summed E-state index contributed by atoms with van der Waals surface area (Å²) in [5, 5.41) is 0. The third-order valence-corrected chi connectivity index (χ3v) is 2.31. The highest BCUT2D eigenvalue weighted by Crippen LogP contribution is 2.00.